The average Bonchev–Trinajstić information content (AvgIpc) is 2.48. The van der Waals surface area contributed by atoms with Gasteiger partial charge in [-0.1, -0.05) is 41.9 Å². The minimum atomic E-state index is 0.0700. The van der Waals surface area contributed by atoms with Crippen molar-refractivity contribution in [3.8, 4) is 0 Å². The fourth-order valence-electron chi connectivity index (χ4n) is 1.89. The minimum absolute atomic E-state index is 0.0700. The quantitative estimate of drug-likeness (QED) is 0.827. The lowest BCUT2D eigenvalue weighted by Crippen LogP contribution is -2.30. The van der Waals surface area contributed by atoms with Gasteiger partial charge in [-0.15, -0.1) is 0 Å². The summed E-state index contributed by atoms with van der Waals surface area (Å²) < 4.78 is 3.16. The first-order valence-electron chi connectivity index (χ1n) is 6.20. The van der Waals surface area contributed by atoms with Crippen LogP contribution in [-0.4, -0.2) is 10.9 Å². The number of rotatable bonds is 2. The number of nitrogens with zero attached hydrogens (tertiary/aromatic N) is 2. The molecule has 2 aromatic rings. The van der Waals surface area contributed by atoms with Crippen LogP contribution < -0.4 is 10.0 Å². The monoisotopic (exact) mass is 304 g/mol. The molecule has 3 rings (SSSR count). The molecule has 0 radical (unpaired) electrons. The molecule has 0 saturated carbocycles. The van der Waals surface area contributed by atoms with Crippen LogP contribution in [0.1, 0.15) is 18.5 Å². The molecule has 0 bridgehead atoms. The second kappa shape index (κ2) is 5.73. The third kappa shape index (κ3) is 2.89. The van der Waals surface area contributed by atoms with Crippen molar-refractivity contribution in [3.05, 3.63) is 53.2 Å². The Bertz CT molecular complexity index is 645. The summed E-state index contributed by atoms with van der Waals surface area (Å²) in [5.41, 5.74) is 1.17. The zero-order valence-electron chi connectivity index (χ0n) is 10.8. The van der Waals surface area contributed by atoms with Crippen molar-refractivity contribution in [1.29, 1.82) is 0 Å². The third-order valence-electron chi connectivity index (χ3n) is 2.92. The van der Waals surface area contributed by atoms with E-state index in [1.165, 1.54) is 17.5 Å². The Morgan fingerprint density at radius 1 is 1.30 bits per heavy atom. The minimum Gasteiger partial charge on any atom is -0.309 e. The maximum Gasteiger partial charge on any atom is 0.208 e. The Labute approximate surface area is 126 Å². The fraction of sp³-hybridized carbons (Fsp3) is 0.143. The zero-order chi connectivity index (χ0) is 13.9. The van der Waals surface area contributed by atoms with E-state index in [-0.39, 0.29) is 6.04 Å². The van der Waals surface area contributed by atoms with Crippen LogP contribution in [0, 0.1) is 0 Å². The summed E-state index contributed by atoms with van der Waals surface area (Å²) >= 11 is 7.37. The Morgan fingerprint density at radius 2 is 2.10 bits per heavy atom. The topological polar surface area (TPSA) is 49.3 Å². The van der Waals surface area contributed by atoms with Gasteiger partial charge in [0.1, 0.15) is 5.82 Å². The fourth-order valence-corrected chi connectivity index (χ4v) is 2.81. The van der Waals surface area contributed by atoms with Crippen molar-refractivity contribution in [1.82, 2.24) is 9.71 Å². The number of hydrogen-bond donors (Lipinski definition) is 2. The first kappa shape index (κ1) is 13.3. The highest BCUT2D eigenvalue weighted by Gasteiger charge is 2.16. The normalized spacial score (nSPS) is 17.0. The summed E-state index contributed by atoms with van der Waals surface area (Å²) in [6, 6.07) is 12.1. The summed E-state index contributed by atoms with van der Waals surface area (Å²) in [5, 5.41) is 3.80. The lowest BCUT2D eigenvalue weighted by Gasteiger charge is -2.20. The summed E-state index contributed by atoms with van der Waals surface area (Å²) in [6.45, 7) is 2.06. The van der Waals surface area contributed by atoms with E-state index in [9.17, 15) is 0 Å². The second-order valence-corrected chi connectivity index (χ2v) is 5.68. The Balaban J connectivity index is 1.80. The van der Waals surface area contributed by atoms with Crippen LogP contribution in [0.3, 0.4) is 0 Å². The lowest BCUT2D eigenvalue weighted by atomic mass is 10.1. The number of aliphatic imine (C=N–C) groups is 1. The largest absolute Gasteiger partial charge is 0.309 e. The highest BCUT2D eigenvalue weighted by Crippen LogP contribution is 2.29. The van der Waals surface area contributed by atoms with Crippen LogP contribution in [0.25, 0.3) is 0 Å². The molecule has 1 aliphatic heterocycles. The first-order chi connectivity index (χ1) is 9.72. The predicted molar refractivity (Wildman–Crippen MR) is 84.2 cm³/mol. The van der Waals surface area contributed by atoms with E-state index in [0.29, 0.717) is 11.0 Å². The van der Waals surface area contributed by atoms with E-state index < -0.39 is 0 Å². The Morgan fingerprint density at radius 3 is 2.90 bits per heavy atom. The van der Waals surface area contributed by atoms with Gasteiger partial charge in [0.05, 0.1) is 16.0 Å². The van der Waals surface area contributed by atoms with Gasteiger partial charge in [-0.25, -0.2) is 9.98 Å². The van der Waals surface area contributed by atoms with Gasteiger partial charge in [0.2, 0.25) is 5.96 Å². The second-order valence-electron chi connectivity index (χ2n) is 4.39. The van der Waals surface area contributed by atoms with Gasteiger partial charge in [-0.05, 0) is 30.5 Å². The number of halogens is 1. The number of anilines is 1. The number of fused-ring (bicyclic) bond motifs is 1. The van der Waals surface area contributed by atoms with Crippen molar-refractivity contribution in [2.75, 3.05) is 5.32 Å². The van der Waals surface area contributed by atoms with Crippen molar-refractivity contribution in [2.24, 2.45) is 4.99 Å². The van der Waals surface area contributed by atoms with Crippen LogP contribution in [0.4, 0.5) is 5.82 Å². The summed E-state index contributed by atoms with van der Waals surface area (Å²) in [7, 11) is 0. The molecule has 0 unspecified atom stereocenters. The molecule has 2 heterocycles. The summed E-state index contributed by atoms with van der Waals surface area (Å²) in [6.07, 6.45) is 1.62. The van der Waals surface area contributed by atoms with Gasteiger partial charge >= 0.3 is 0 Å². The zero-order valence-corrected chi connectivity index (χ0v) is 12.4. The average molecular weight is 305 g/mol. The van der Waals surface area contributed by atoms with Crippen molar-refractivity contribution in [3.63, 3.8) is 0 Å². The number of pyridine rings is 1. The molecule has 1 aliphatic rings. The predicted octanol–water partition coefficient (Wildman–Crippen LogP) is 3.87. The van der Waals surface area contributed by atoms with E-state index in [0.717, 1.165) is 10.7 Å². The molecule has 1 aromatic carbocycles. The van der Waals surface area contributed by atoms with Gasteiger partial charge in [-0.3, -0.25) is 4.72 Å². The lowest BCUT2D eigenvalue weighted by molar-refractivity contribution is 0.814. The maximum absolute atomic E-state index is 5.92. The summed E-state index contributed by atoms with van der Waals surface area (Å²) in [4.78, 5) is 9.85. The molecule has 1 aromatic heterocycles. The van der Waals surface area contributed by atoms with Crippen LogP contribution >= 0.6 is 23.5 Å². The van der Waals surface area contributed by atoms with Gasteiger partial charge in [0.15, 0.2) is 0 Å². The number of nitrogens with one attached hydrogen (secondary N) is 2. The van der Waals surface area contributed by atoms with Crippen LogP contribution in [0.5, 0.6) is 0 Å². The van der Waals surface area contributed by atoms with E-state index in [1.807, 2.05) is 24.3 Å². The molecule has 4 nitrogen and oxygen atoms in total. The van der Waals surface area contributed by atoms with Gasteiger partial charge in [0.25, 0.3) is 0 Å². The Hall–Kier alpha value is -1.72. The third-order valence-corrected chi connectivity index (χ3v) is 3.95. The van der Waals surface area contributed by atoms with Crippen molar-refractivity contribution in [2.45, 2.75) is 17.9 Å². The molecule has 0 amide bonds. The molecular formula is C14H13ClN4S. The number of guanidine groups is 1. The van der Waals surface area contributed by atoms with Crippen molar-refractivity contribution >= 4 is 35.3 Å². The summed E-state index contributed by atoms with van der Waals surface area (Å²) in [5.74, 6) is 1.48. The molecular weight excluding hydrogens is 292 g/mol. The molecule has 102 valence electrons. The molecule has 20 heavy (non-hydrogen) atoms. The molecule has 0 fully saturated rings. The number of benzene rings is 1. The van der Waals surface area contributed by atoms with E-state index in [1.54, 1.807) is 6.20 Å². The number of aromatic nitrogens is 1. The number of hydrogen-bond acceptors (Lipinski definition) is 3. The molecule has 1 atom stereocenters. The van der Waals surface area contributed by atoms with E-state index >= 15 is 0 Å². The molecule has 0 saturated heterocycles. The molecule has 2 N–H and O–H groups in total. The standard InChI is InChI=1S/C14H13ClN4S/c1-9(10-5-3-2-4-6-10)17-14-18-13-12(20-19-14)7-11(15)8-16-13/h2-9H,1H3,(H2,16,17,18,19)/t9-/m0/s1. The van der Waals surface area contributed by atoms with Crippen LogP contribution in [0.2, 0.25) is 5.02 Å². The maximum atomic E-state index is 5.92. The van der Waals surface area contributed by atoms with Crippen LogP contribution in [0.15, 0.2) is 52.5 Å². The van der Waals surface area contributed by atoms with Gasteiger partial charge < -0.3 is 5.32 Å². The Kier molecular flexibility index (Phi) is 3.80. The smallest absolute Gasteiger partial charge is 0.208 e. The van der Waals surface area contributed by atoms with E-state index in [2.05, 4.69) is 39.1 Å². The first-order valence-corrected chi connectivity index (χ1v) is 7.40. The highest BCUT2D eigenvalue weighted by molar-refractivity contribution is 7.98. The molecule has 0 spiro atoms. The van der Waals surface area contributed by atoms with Crippen LogP contribution in [-0.2, 0) is 0 Å². The van der Waals surface area contributed by atoms with E-state index in [4.69, 9.17) is 11.6 Å². The highest BCUT2D eigenvalue weighted by atomic mass is 35.5. The molecule has 0 aliphatic carbocycles. The van der Waals surface area contributed by atoms with Crippen molar-refractivity contribution < 1.29 is 0 Å². The van der Waals surface area contributed by atoms with Gasteiger partial charge in [0, 0.05) is 6.20 Å². The van der Waals surface area contributed by atoms with Gasteiger partial charge in [-0.2, -0.15) is 0 Å². The SMILES string of the molecule is C[C@H](N=C1NSc2cc(Cl)cnc2N1)c1ccccc1. The molecule has 6 heteroatoms.